The molecule has 1 saturated carbocycles. The molecule has 112 valence electrons. The molecule has 0 radical (unpaired) electrons. The van der Waals surface area contributed by atoms with Gasteiger partial charge in [-0.1, -0.05) is 24.3 Å². The Bertz CT molecular complexity index is 617. The summed E-state index contributed by atoms with van der Waals surface area (Å²) in [5.41, 5.74) is 1.12. The first-order valence-corrected chi connectivity index (χ1v) is 7.99. The Kier molecular flexibility index (Phi) is 4.11. The highest BCUT2D eigenvalue weighted by molar-refractivity contribution is 5.92. The van der Waals surface area contributed by atoms with Crippen LogP contribution in [0.4, 0.5) is 5.82 Å². The van der Waals surface area contributed by atoms with Crippen molar-refractivity contribution >= 4 is 16.6 Å². The number of fused-ring (bicyclic) bond motifs is 1. The van der Waals surface area contributed by atoms with Crippen LogP contribution in [-0.4, -0.2) is 24.6 Å². The lowest BCUT2D eigenvalue weighted by molar-refractivity contribution is 0.636. The van der Waals surface area contributed by atoms with E-state index in [1.54, 1.807) is 0 Å². The molecule has 0 amide bonds. The summed E-state index contributed by atoms with van der Waals surface area (Å²) < 4.78 is 0. The van der Waals surface area contributed by atoms with E-state index < -0.39 is 0 Å². The molecule has 0 aliphatic heterocycles. The highest BCUT2D eigenvalue weighted by Crippen LogP contribution is 2.34. The maximum absolute atomic E-state index is 4.96. The van der Waals surface area contributed by atoms with Crippen LogP contribution in [0.5, 0.6) is 0 Å². The quantitative estimate of drug-likeness (QED) is 0.878. The number of hydrogen-bond acceptors (Lipinski definition) is 3. The van der Waals surface area contributed by atoms with Crippen molar-refractivity contribution in [1.82, 2.24) is 10.3 Å². The van der Waals surface area contributed by atoms with Crippen LogP contribution < -0.4 is 10.2 Å². The van der Waals surface area contributed by atoms with Gasteiger partial charge in [-0.05, 0) is 51.1 Å². The summed E-state index contributed by atoms with van der Waals surface area (Å²) in [5, 5.41) is 5.77. The van der Waals surface area contributed by atoms with Gasteiger partial charge in [0.1, 0.15) is 5.82 Å². The van der Waals surface area contributed by atoms with Crippen molar-refractivity contribution in [3.05, 3.63) is 36.0 Å². The molecular weight excluding hydrogens is 258 g/mol. The maximum Gasteiger partial charge on any atom is 0.137 e. The minimum absolute atomic E-state index is 0.478. The molecule has 1 fully saturated rings. The molecule has 0 unspecified atom stereocenters. The van der Waals surface area contributed by atoms with Gasteiger partial charge in [-0.25, -0.2) is 4.98 Å². The first-order chi connectivity index (χ1) is 10.2. The van der Waals surface area contributed by atoms with Gasteiger partial charge >= 0.3 is 0 Å². The van der Waals surface area contributed by atoms with Crippen molar-refractivity contribution in [1.29, 1.82) is 0 Å². The number of benzene rings is 1. The van der Waals surface area contributed by atoms with Gasteiger partial charge in [-0.2, -0.15) is 0 Å². The molecule has 1 aliphatic rings. The van der Waals surface area contributed by atoms with Crippen molar-refractivity contribution in [3.8, 4) is 0 Å². The third-order valence-electron chi connectivity index (χ3n) is 4.18. The van der Waals surface area contributed by atoms with E-state index in [1.165, 1.54) is 23.6 Å². The van der Waals surface area contributed by atoms with Crippen LogP contribution in [0.3, 0.4) is 0 Å². The van der Waals surface area contributed by atoms with Crippen LogP contribution in [0.15, 0.2) is 30.3 Å². The second-order valence-corrected chi connectivity index (χ2v) is 6.38. The third kappa shape index (κ3) is 3.18. The van der Waals surface area contributed by atoms with Crippen LogP contribution in [0.2, 0.25) is 0 Å². The van der Waals surface area contributed by atoms with Crippen LogP contribution >= 0.6 is 0 Å². The average molecular weight is 283 g/mol. The van der Waals surface area contributed by atoms with Crippen molar-refractivity contribution in [2.45, 2.75) is 39.3 Å². The van der Waals surface area contributed by atoms with Crippen molar-refractivity contribution in [3.63, 3.8) is 0 Å². The van der Waals surface area contributed by atoms with Gasteiger partial charge in [0.25, 0.3) is 0 Å². The monoisotopic (exact) mass is 283 g/mol. The van der Waals surface area contributed by atoms with E-state index in [1.807, 2.05) is 7.05 Å². The lowest BCUT2D eigenvalue weighted by atomic mass is 10.1. The van der Waals surface area contributed by atoms with Gasteiger partial charge in [0.2, 0.25) is 0 Å². The predicted molar refractivity (Wildman–Crippen MR) is 89.7 cm³/mol. The lowest BCUT2D eigenvalue weighted by Gasteiger charge is -2.29. The van der Waals surface area contributed by atoms with Crippen molar-refractivity contribution in [2.24, 2.45) is 5.92 Å². The summed E-state index contributed by atoms with van der Waals surface area (Å²) in [6, 6.07) is 11.3. The summed E-state index contributed by atoms with van der Waals surface area (Å²) in [6.07, 6.45) is 2.74. The van der Waals surface area contributed by atoms with E-state index >= 15 is 0 Å². The van der Waals surface area contributed by atoms with Gasteiger partial charge in [-0.15, -0.1) is 0 Å². The molecule has 21 heavy (non-hydrogen) atoms. The van der Waals surface area contributed by atoms with E-state index in [4.69, 9.17) is 4.98 Å². The molecule has 3 nitrogen and oxygen atoms in total. The zero-order chi connectivity index (χ0) is 14.8. The number of rotatable bonds is 6. The fourth-order valence-corrected chi connectivity index (χ4v) is 2.85. The summed E-state index contributed by atoms with van der Waals surface area (Å²) >= 11 is 0. The number of anilines is 1. The van der Waals surface area contributed by atoms with Gasteiger partial charge in [0, 0.05) is 24.5 Å². The number of pyridine rings is 1. The largest absolute Gasteiger partial charge is 0.353 e. The molecule has 0 spiro atoms. The third-order valence-corrected chi connectivity index (χ3v) is 4.18. The highest BCUT2D eigenvalue weighted by Gasteiger charge is 2.27. The van der Waals surface area contributed by atoms with Crippen molar-refractivity contribution < 1.29 is 0 Å². The van der Waals surface area contributed by atoms with Crippen molar-refractivity contribution in [2.75, 3.05) is 18.5 Å². The summed E-state index contributed by atoms with van der Waals surface area (Å²) in [4.78, 5) is 7.44. The molecule has 3 rings (SSSR count). The maximum atomic E-state index is 4.96. The summed E-state index contributed by atoms with van der Waals surface area (Å²) in [5.74, 6) is 2.01. The Balaban J connectivity index is 2.08. The summed E-state index contributed by atoms with van der Waals surface area (Å²) in [7, 11) is 1.97. The standard InChI is InChI=1S/C18H25N3/c1-13(2)21(12-14-8-9-14)18-17-7-5-4-6-15(17)10-16(20-18)11-19-3/h4-7,10,13-14,19H,8-9,11-12H2,1-3H3. The minimum Gasteiger partial charge on any atom is -0.353 e. The molecule has 2 aromatic rings. The second-order valence-electron chi connectivity index (χ2n) is 6.38. The first kappa shape index (κ1) is 14.3. The molecule has 1 aromatic heterocycles. The fraction of sp³-hybridized carbons (Fsp3) is 0.500. The van der Waals surface area contributed by atoms with Gasteiger partial charge in [0.15, 0.2) is 0 Å². The highest BCUT2D eigenvalue weighted by atomic mass is 15.2. The fourth-order valence-electron chi connectivity index (χ4n) is 2.85. The Morgan fingerprint density at radius 1 is 1.29 bits per heavy atom. The zero-order valence-electron chi connectivity index (χ0n) is 13.3. The SMILES string of the molecule is CNCc1cc2ccccc2c(N(CC2CC2)C(C)C)n1. The molecule has 1 heterocycles. The Labute approximate surface area is 127 Å². The molecule has 1 N–H and O–H groups in total. The minimum atomic E-state index is 0.478. The van der Waals surface area contributed by atoms with E-state index in [0.717, 1.165) is 30.5 Å². The predicted octanol–water partition coefficient (Wildman–Crippen LogP) is 3.58. The van der Waals surface area contributed by atoms with Crippen LogP contribution in [-0.2, 0) is 6.54 Å². The van der Waals surface area contributed by atoms with Crippen LogP contribution in [0.1, 0.15) is 32.4 Å². The van der Waals surface area contributed by atoms with Crippen LogP contribution in [0.25, 0.3) is 10.8 Å². The first-order valence-electron chi connectivity index (χ1n) is 7.99. The molecule has 0 atom stereocenters. The van der Waals surface area contributed by atoms with Crippen LogP contribution in [0, 0.1) is 5.92 Å². The Hall–Kier alpha value is -1.61. The summed E-state index contributed by atoms with van der Waals surface area (Å²) in [6.45, 7) is 6.48. The molecule has 0 bridgehead atoms. The van der Waals surface area contributed by atoms with Gasteiger partial charge < -0.3 is 10.2 Å². The second kappa shape index (κ2) is 6.02. The molecule has 1 aliphatic carbocycles. The molecule has 1 aromatic carbocycles. The zero-order valence-corrected chi connectivity index (χ0v) is 13.3. The topological polar surface area (TPSA) is 28.2 Å². The number of hydrogen-bond donors (Lipinski definition) is 1. The molecular formula is C18H25N3. The number of aromatic nitrogens is 1. The van der Waals surface area contributed by atoms with Gasteiger partial charge in [0.05, 0.1) is 5.69 Å². The lowest BCUT2D eigenvalue weighted by Crippen LogP contribution is -2.34. The number of nitrogens with zero attached hydrogens (tertiary/aromatic N) is 2. The van der Waals surface area contributed by atoms with E-state index in [2.05, 4.69) is 54.4 Å². The van der Waals surface area contributed by atoms with E-state index in [-0.39, 0.29) is 0 Å². The smallest absolute Gasteiger partial charge is 0.137 e. The average Bonchev–Trinajstić information content (AvgIpc) is 3.28. The Morgan fingerprint density at radius 3 is 2.71 bits per heavy atom. The number of nitrogens with one attached hydrogen (secondary N) is 1. The van der Waals surface area contributed by atoms with Gasteiger partial charge in [-0.3, -0.25) is 0 Å². The molecule has 0 saturated heterocycles. The van der Waals surface area contributed by atoms with E-state index in [9.17, 15) is 0 Å². The van der Waals surface area contributed by atoms with E-state index in [0.29, 0.717) is 6.04 Å². The molecule has 3 heteroatoms. The Morgan fingerprint density at radius 2 is 2.05 bits per heavy atom. The normalized spacial score (nSPS) is 14.9.